The van der Waals surface area contributed by atoms with Crippen LogP contribution in [0, 0.1) is 20.8 Å². The number of aromatic carboxylic acids is 1. The van der Waals surface area contributed by atoms with Gasteiger partial charge in [-0.1, -0.05) is 91.0 Å². The maximum absolute atomic E-state index is 14.0. The first-order chi connectivity index (χ1) is 27.1. The number of carboxylic acid groups (broad SMARTS) is 1. The van der Waals surface area contributed by atoms with Crippen molar-refractivity contribution in [1.82, 2.24) is 0 Å². The summed E-state index contributed by atoms with van der Waals surface area (Å²) in [4.78, 5) is 40.1. The molecule has 0 spiro atoms. The Morgan fingerprint density at radius 2 is 0.786 bits per heavy atom. The van der Waals surface area contributed by atoms with Gasteiger partial charge in [-0.2, -0.15) is 0 Å². The van der Waals surface area contributed by atoms with Crippen molar-refractivity contribution in [2.24, 2.45) is 0 Å². The van der Waals surface area contributed by atoms with E-state index in [4.69, 9.17) is 28.4 Å². The number of hydrogen-bond donors (Lipinski definition) is 1. The zero-order valence-electron chi connectivity index (χ0n) is 31.4. The maximum Gasteiger partial charge on any atom is 0.347 e. The molecule has 0 radical (unpaired) electrons. The zero-order valence-corrected chi connectivity index (χ0v) is 31.4. The van der Waals surface area contributed by atoms with Gasteiger partial charge >= 0.3 is 17.9 Å². The molecule has 0 saturated heterocycles. The number of aryl methyl sites for hydroxylation is 3. The van der Waals surface area contributed by atoms with E-state index in [2.05, 4.69) is 0 Å². The quantitative estimate of drug-likeness (QED) is 0.0801. The SMILES string of the molecule is COc1cc(C)c(C(=O)Oc2cc(C)c(C(=O)Oc3cc(C)c(C(=O)O)c(OCc4ccccc4)c3)c(OCc3ccccc3)c2)c(OCc2ccccc2)c1. The van der Waals surface area contributed by atoms with Gasteiger partial charge in [0.2, 0.25) is 0 Å². The summed E-state index contributed by atoms with van der Waals surface area (Å²) in [6, 6.07) is 37.4. The first kappa shape index (κ1) is 38.6. The second-order valence-electron chi connectivity index (χ2n) is 13.0. The average molecular weight is 753 g/mol. The molecule has 0 unspecified atom stereocenters. The molecular weight excluding hydrogens is 712 g/mol. The van der Waals surface area contributed by atoms with Crippen molar-refractivity contribution in [2.75, 3.05) is 7.11 Å². The number of ether oxygens (including phenoxy) is 6. The molecule has 10 nitrogen and oxygen atoms in total. The van der Waals surface area contributed by atoms with Crippen LogP contribution in [-0.2, 0) is 19.8 Å². The Balaban J connectivity index is 1.30. The van der Waals surface area contributed by atoms with E-state index in [9.17, 15) is 19.5 Å². The predicted molar refractivity (Wildman–Crippen MR) is 209 cm³/mol. The number of carboxylic acids is 1. The van der Waals surface area contributed by atoms with Crippen LogP contribution in [0.2, 0.25) is 0 Å². The molecule has 0 amide bonds. The smallest absolute Gasteiger partial charge is 0.347 e. The molecule has 6 rings (SSSR count). The van der Waals surface area contributed by atoms with Crippen molar-refractivity contribution in [3.05, 3.63) is 177 Å². The molecule has 6 aromatic rings. The fourth-order valence-corrected chi connectivity index (χ4v) is 6.07. The highest BCUT2D eigenvalue weighted by Crippen LogP contribution is 2.35. The van der Waals surface area contributed by atoms with Crippen LogP contribution in [0.15, 0.2) is 127 Å². The van der Waals surface area contributed by atoms with Crippen LogP contribution < -0.4 is 28.4 Å². The minimum atomic E-state index is -1.18. The normalized spacial score (nSPS) is 10.6. The van der Waals surface area contributed by atoms with Crippen LogP contribution in [0.3, 0.4) is 0 Å². The molecule has 0 aliphatic carbocycles. The Labute approximate surface area is 324 Å². The minimum absolute atomic E-state index is 0.0457. The van der Waals surface area contributed by atoms with Crippen molar-refractivity contribution in [3.63, 3.8) is 0 Å². The van der Waals surface area contributed by atoms with E-state index in [-0.39, 0.29) is 65.3 Å². The van der Waals surface area contributed by atoms with Gasteiger partial charge < -0.3 is 33.5 Å². The lowest BCUT2D eigenvalue weighted by Gasteiger charge is -2.18. The lowest BCUT2D eigenvalue weighted by atomic mass is 10.1. The van der Waals surface area contributed by atoms with Crippen molar-refractivity contribution in [2.45, 2.75) is 40.6 Å². The first-order valence-corrected chi connectivity index (χ1v) is 17.8. The van der Waals surface area contributed by atoms with E-state index in [1.807, 2.05) is 91.0 Å². The van der Waals surface area contributed by atoms with Gasteiger partial charge in [-0.25, -0.2) is 14.4 Å². The summed E-state index contributed by atoms with van der Waals surface area (Å²) in [5.74, 6) is -1.50. The summed E-state index contributed by atoms with van der Waals surface area (Å²) < 4.78 is 35.5. The van der Waals surface area contributed by atoms with E-state index in [1.54, 1.807) is 39.0 Å². The number of hydrogen-bond acceptors (Lipinski definition) is 9. The summed E-state index contributed by atoms with van der Waals surface area (Å²) in [6.07, 6.45) is 0. The molecule has 0 aromatic heterocycles. The molecular formula is C46H40O10. The number of esters is 2. The van der Waals surface area contributed by atoms with Crippen molar-refractivity contribution in [3.8, 4) is 34.5 Å². The van der Waals surface area contributed by atoms with Crippen LogP contribution in [0.25, 0.3) is 0 Å². The van der Waals surface area contributed by atoms with E-state index in [0.29, 0.717) is 22.4 Å². The topological polar surface area (TPSA) is 127 Å². The first-order valence-electron chi connectivity index (χ1n) is 17.8. The lowest BCUT2D eigenvalue weighted by molar-refractivity contribution is 0.0687. The number of carbonyl (C=O) groups excluding carboxylic acids is 2. The van der Waals surface area contributed by atoms with Gasteiger partial charge in [-0.3, -0.25) is 0 Å². The Kier molecular flexibility index (Phi) is 12.3. The lowest BCUT2D eigenvalue weighted by Crippen LogP contribution is -2.16. The zero-order chi connectivity index (χ0) is 39.6. The third kappa shape index (κ3) is 9.53. The molecule has 0 aliphatic heterocycles. The number of carbonyl (C=O) groups is 3. The van der Waals surface area contributed by atoms with Crippen LogP contribution in [0.5, 0.6) is 34.5 Å². The van der Waals surface area contributed by atoms with Crippen LogP contribution in [0.1, 0.15) is 64.5 Å². The summed E-state index contributed by atoms with van der Waals surface area (Å²) in [5.41, 5.74) is 4.14. The molecule has 10 heteroatoms. The van der Waals surface area contributed by atoms with Crippen LogP contribution in [0.4, 0.5) is 0 Å². The molecule has 0 heterocycles. The van der Waals surface area contributed by atoms with Crippen molar-refractivity contribution >= 4 is 17.9 Å². The van der Waals surface area contributed by atoms with Gasteiger partial charge in [0.15, 0.2) is 0 Å². The minimum Gasteiger partial charge on any atom is -0.497 e. The van der Waals surface area contributed by atoms with Gasteiger partial charge in [0, 0.05) is 18.2 Å². The number of methoxy groups -OCH3 is 1. The Hall–Kier alpha value is -7.07. The highest BCUT2D eigenvalue weighted by atomic mass is 16.5. The summed E-state index contributed by atoms with van der Waals surface area (Å²) in [7, 11) is 1.53. The average Bonchev–Trinajstić information content (AvgIpc) is 3.18. The highest BCUT2D eigenvalue weighted by Gasteiger charge is 2.25. The third-order valence-corrected chi connectivity index (χ3v) is 8.81. The molecule has 56 heavy (non-hydrogen) atoms. The Morgan fingerprint density at radius 3 is 1.14 bits per heavy atom. The molecule has 1 N–H and O–H groups in total. The highest BCUT2D eigenvalue weighted by molar-refractivity contribution is 5.98. The molecule has 0 atom stereocenters. The molecule has 0 aliphatic rings. The van der Waals surface area contributed by atoms with Gasteiger partial charge in [-0.05, 0) is 72.4 Å². The van der Waals surface area contributed by atoms with Gasteiger partial charge in [0.1, 0.15) is 71.0 Å². The summed E-state index contributed by atoms with van der Waals surface area (Å²) in [5, 5.41) is 9.96. The molecule has 6 aromatic carbocycles. The van der Waals surface area contributed by atoms with Crippen LogP contribution >= 0.6 is 0 Å². The summed E-state index contributed by atoms with van der Waals surface area (Å²) >= 11 is 0. The fraction of sp³-hybridized carbons (Fsp3) is 0.152. The predicted octanol–water partition coefficient (Wildman–Crippen LogP) is 9.49. The van der Waals surface area contributed by atoms with Gasteiger partial charge in [0.05, 0.1) is 7.11 Å². The molecule has 284 valence electrons. The van der Waals surface area contributed by atoms with E-state index in [1.165, 1.54) is 25.3 Å². The molecule has 0 bridgehead atoms. The molecule has 0 saturated carbocycles. The molecule has 0 fully saturated rings. The number of rotatable bonds is 15. The largest absolute Gasteiger partial charge is 0.497 e. The van der Waals surface area contributed by atoms with Gasteiger partial charge in [0.25, 0.3) is 0 Å². The second-order valence-corrected chi connectivity index (χ2v) is 13.0. The second kappa shape index (κ2) is 17.8. The van der Waals surface area contributed by atoms with E-state index >= 15 is 0 Å². The monoisotopic (exact) mass is 752 g/mol. The van der Waals surface area contributed by atoms with Gasteiger partial charge in [-0.15, -0.1) is 0 Å². The fourth-order valence-electron chi connectivity index (χ4n) is 6.07. The maximum atomic E-state index is 14.0. The van der Waals surface area contributed by atoms with E-state index in [0.717, 1.165) is 16.7 Å². The van der Waals surface area contributed by atoms with Crippen molar-refractivity contribution < 1.29 is 47.9 Å². The number of benzene rings is 6. The van der Waals surface area contributed by atoms with Crippen LogP contribution in [-0.4, -0.2) is 30.1 Å². The van der Waals surface area contributed by atoms with Crippen molar-refractivity contribution in [1.29, 1.82) is 0 Å². The Morgan fingerprint density at radius 1 is 0.464 bits per heavy atom. The van der Waals surface area contributed by atoms with E-state index < -0.39 is 17.9 Å². The third-order valence-electron chi connectivity index (χ3n) is 8.81. The summed E-state index contributed by atoms with van der Waals surface area (Å²) in [6.45, 7) is 5.43. The standard InChI is InChI=1S/C46H40O10/c1-29-21-36(24-38(41(29)44(47)48)52-26-32-14-8-5-9-15-32)55-46(50)43-31(3)22-37(25-40(43)54-28-34-18-12-7-13-19-34)56-45(49)42-30(2)20-35(51-4)23-39(42)53-27-33-16-10-6-11-17-33/h5-25H,26-28H2,1-4H3,(H,47,48). The Bertz CT molecular complexity index is 2340.